The molecule has 1 N–H and O–H groups in total. The Morgan fingerprint density at radius 3 is 2.76 bits per heavy atom. The minimum atomic E-state index is -0.187. The number of amides is 1. The van der Waals surface area contributed by atoms with Gasteiger partial charge >= 0.3 is 0 Å². The highest BCUT2D eigenvalue weighted by Crippen LogP contribution is 2.30. The van der Waals surface area contributed by atoms with Gasteiger partial charge in [0, 0.05) is 12.2 Å². The number of rotatable bonds is 7. The summed E-state index contributed by atoms with van der Waals surface area (Å²) >= 11 is 13.4. The van der Waals surface area contributed by atoms with Crippen molar-refractivity contribution in [3.8, 4) is 0 Å². The van der Waals surface area contributed by atoms with Crippen molar-refractivity contribution >= 4 is 46.6 Å². The summed E-state index contributed by atoms with van der Waals surface area (Å²) in [5.74, 6) is 1.07. The molecule has 3 rings (SSSR count). The number of aromatic nitrogens is 4. The molecule has 2 heterocycles. The summed E-state index contributed by atoms with van der Waals surface area (Å²) in [5.41, 5.74) is 0.420. The summed E-state index contributed by atoms with van der Waals surface area (Å²) in [6, 6.07) is 8.70. The molecule has 10 heteroatoms. The molecule has 0 saturated heterocycles. The number of carbonyl (C=O) groups excluding carboxylic acids is 1. The van der Waals surface area contributed by atoms with Crippen molar-refractivity contribution in [2.45, 2.75) is 18.1 Å². The Kier molecular flexibility index (Phi) is 5.95. The van der Waals surface area contributed by atoms with Crippen LogP contribution in [-0.2, 0) is 11.3 Å². The fraction of sp³-hybridized carbons (Fsp3) is 0.200. The molecular weight excluding hydrogens is 385 g/mol. The third-order valence-corrected chi connectivity index (χ3v) is 4.76. The van der Waals surface area contributed by atoms with E-state index in [9.17, 15) is 4.79 Å². The lowest BCUT2D eigenvalue weighted by Crippen LogP contribution is -2.13. The molecule has 3 aromatic rings. The fourth-order valence-electron chi connectivity index (χ4n) is 2.00. The van der Waals surface area contributed by atoms with Gasteiger partial charge in [-0.15, -0.1) is 5.10 Å². The number of anilines is 1. The van der Waals surface area contributed by atoms with Gasteiger partial charge in [0.1, 0.15) is 12.3 Å². The molecule has 7 nitrogen and oxygen atoms in total. The second kappa shape index (κ2) is 8.37. The van der Waals surface area contributed by atoms with Crippen molar-refractivity contribution in [1.29, 1.82) is 0 Å². The van der Waals surface area contributed by atoms with Crippen LogP contribution in [0.3, 0.4) is 0 Å². The van der Waals surface area contributed by atoms with Crippen LogP contribution < -0.4 is 5.32 Å². The number of tetrazole rings is 1. The van der Waals surface area contributed by atoms with Gasteiger partial charge in [-0.3, -0.25) is 4.79 Å². The summed E-state index contributed by atoms with van der Waals surface area (Å²) in [7, 11) is 0. The van der Waals surface area contributed by atoms with E-state index in [1.54, 1.807) is 35.2 Å². The molecule has 0 radical (unpaired) electrons. The summed E-state index contributed by atoms with van der Waals surface area (Å²) in [6.07, 6.45) is 1.86. The van der Waals surface area contributed by atoms with Crippen LogP contribution in [0, 0.1) is 0 Å². The molecule has 0 aliphatic carbocycles. The van der Waals surface area contributed by atoms with Crippen LogP contribution in [0.1, 0.15) is 12.2 Å². The number of nitrogens with zero attached hydrogens (tertiary/aromatic N) is 4. The molecule has 130 valence electrons. The molecule has 0 bridgehead atoms. The molecule has 0 saturated carbocycles. The van der Waals surface area contributed by atoms with Gasteiger partial charge in [0.2, 0.25) is 11.1 Å². The van der Waals surface area contributed by atoms with Crippen molar-refractivity contribution in [1.82, 2.24) is 20.2 Å². The average molecular weight is 398 g/mol. The molecule has 25 heavy (non-hydrogen) atoms. The van der Waals surface area contributed by atoms with Crippen molar-refractivity contribution in [3.05, 3.63) is 52.4 Å². The van der Waals surface area contributed by atoms with Gasteiger partial charge in [-0.05, 0) is 34.7 Å². The van der Waals surface area contributed by atoms with E-state index in [1.165, 1.54) is 11.8 Å². The number of nitrogens with one attached hydrogen (secondary N) is 1. The fourth-order valence-corrected chi connectivity index (χ4v) is 3.31. The SMILES string of the molecule is O=C(CCSc1nnnn1Cc1ccco1)Nc1c(Cl)cccc1Cl. The van der Waals surface area contributed by atoms with Gasteiger partial charge in [0.25, 0.3) is 0 Å². The topological polar surface area (TPSA) is 85.8 Å². The highest BCUT2D eigenvalue weighted by molar-refractivity contribution is 7.99. The third kappa shape index (κ3) is 4.75. The van der Waals surface area contributed by atoms with Crippen LogP contribution in [0.2, 0.25) is 10.0 Å². The second-order valence-electron chi connectivity index (χ2n) is 4.94. The zero-order chi connectivity index (χ0) is 17.6. The van der Waals surface area contributed by atoms with E-state index in [4.69, 9.17) is 27.6 Å². The lowest BCUT2D eigenvalue weighted by atomic mass is 10.3. The molecule has 1 amide bonds. The maximum Gasteiger partial charge on any atom is 0.225 e. The van der Waals surface area contributed by atoms with Crippen LogP contribution in [0.4, 0.5) is 5.69 Å². The number of carbonyl (C=O) groups is 1. The number of hydrogen-bond acceptors (Lipinski definition) is 6. The van der Waals surface area contributed by atoms with Crippen molar-refractivity contribution in [3.63, 3.8) is 0 Å². The Labute approximate surface area is 157 Å². The predicted octanol–water partition coefficient (Wildman–Crippen LogP) is 3.74. The average Bonchev–Trinajstić information content (AvgIpc) is 3.24. The zero-order valence-corrected chi connectivity index (χ0v) is 15.2. The van der Waals surface area contributed by atoms with E-state index in [-0.39, 0.29) is 12.3 Å². The van der Waals surface area contributed by atoms with Crippen molar-refractivity contribution in [2.24, 2.45) is 0 Å². The monoisotopic (exact) mass is 397 g/mol. The maximum absolute atomic E-state index is 12.1. The van der Waals surface area contributed by atoms with Gasteiger partial charge in [-0.25, -0.2) is 4.68 Å². The van der Waals surface area contributed by atoms with E-state index in [0.29, 0.717) is 33.2 Å². The molecule has 1 aromatic carbocycles. The van der Waals surface area contributed by atoms with E-state index in [2.05, 4.69) is 20.8 Å². The standard InChI is InChI=1S/C15H13Cl2N5O2S/c16-11-4-1-5-12(17)14(11)18-13(23)6-8-25-15-19-20-21-22(15)9-10-3-2-7-24-10/h1-5,7H,6,8-9H2,(H,18,23). The van der Waals surface area contributed by atoms with E-state index in [1.807, 2.05) is 6.07 Å². The molecule has 0 atom stereocenters. The number of furan rings is 1. The predicted molar refractivity (Wildman–Crippen MR) is 96.1 cm³/mol. The molecule has 0 unspecified atom stereocenters. The number of hydrogen-bond donors (Lipinski definition) is 1. The van der Waals surface area contributed by atoms with Crippen LogP contribution in [0.25, 0.3) is 0 Å². The van der Waals surface area contributed by atoms with Gasteiger partial charge in [0.15, 0.2) is 0 Å². The Balaban J connectivity index is 1.52. The first-order chi connectivity index (χ1) is 12.1. The highest BCUT2D eigenvalue weighted by Gasteiger charge is 2.12. The highest BCUT2D eigenvalue weighted by atomic mass is 35.5. The third-order valence-electron chi connectivity index (χ3n) is 3.17. The van der Waals surface area contributed by atoms with Gasteiger partial charge in [-0.1, -0.05) is 41.0 Å². The summed E-state index contributed by atoms with van der Waals surface area (Å²) in [4.78, 5) is 12.1. The largest absolute Gasteiger partial charge is 0.467 e. The molecule has 0 aliphatic rings. The molecular formula is C15H13Cl2N5O2S. The van der Waals surface area contributed by atoms with E-state index >= 15 is 0 Å². The Morgan fingerprint density at radius 1 is 1.24 bits per heavy atom. The van der Waals surface area contributed by atoms with Crippen molar-refractivity contribution in [2.75, 3.05) is 11.1 Å². The zero-order valence-electron chi connectivity index (χ0n) is 12.9. The van der Waals surface area contributed by atoms with Crippen LogP contribution in [0.5, 0.6) is 0 Å². The Bertz CT molecular complexity index is 833. The van der Waals surface area contributed by atoms with Gasteiger partial charge < -0.3 is 9.73 Å². The first-order valence-electron chi connectivity index (χ1n) is 7.28. The second-order valence-corrected chi connectivity index (χ2v) is 6.82. The minimum absolute atomic E-state index is 0.187. The first kappa shape index (κ1) is 17.8. The summed E-state index contributed by atoms with van der Waals surface area (Å²) < 4.78 is 6.90. The minimum Gasteiger partial charge on any atom is -0.467 e. The first-order valence-corrected chi connectivity index (χ1v) is 9.03. The number of para-hydroxylation sites is 1. The van der Waals surface area contributed by atoms with Crippen LogP contribution in [0.15, 0.2) is 46.2 Å². The lowest BCUT2D eigenvalue weighted by Gasteiger charge is -2.08. The number of benzene rings is 1. The molecule has 0 fully saturated rings. The maximum atomic E-state index is 12.1. The molecule has 0 aliphatic heterocycles. The van der Waals surface area contributed by atoms with Crippen molar-refractivity contribution < 1.29 is 9.21 Å². The number of thioether (sulfide) groups is 1. The van der Waals surface area contributed by atoms with E-state index in [0.717, 1.165) is 5.76 Å². The molecule has 2 aromatic heterocycles. The molecule has 0 spiro atoms. The smallest absolute Gasteiger partial charge is 0.225 e. The normalized spacial score (nSPS) is 10.8. The summed E-state index contributed by atoms with van der Waals surface area (Å²) in [5, 5.41) is 15.7. The summed E-state index contributed by atoms with van der Waals surface area (Å²) in [6.45, 7) is 0.434. The Hall–Kier alpha value is -2.03. The van der Waals surface area contributed by atoms with Crippen LogP contribution >= 0.6 is 35.0 Å². The van der Waals surface area contributed by atoms with E-state index < -0.39 is 0 Å². The van der Waals surface area contributed by atoms with Crippen LogP contribution in [-0.4, -0.2) is 31.9 Å². The Morgan fingerprint density at radius 2 is 2.04 bits per heavy atom. The lowest BCUT2D eigenvalue weighted by molar-refractivity contribution is -0.115. The quantitative estimate of drug-likeness (QED) is 0.611. The van der Waals surface area contributed by atoms with Gasteiger partial charge in [0.05, 0.1) is 22.0 Å². The van der Waals surface area contributed by atoms with Gasteiger partial charge in [-0.2, -0.15) is 0 Å². The number of halogens is 2.